The zero-order chi connectivity index (χ0) is 15.1. The summed E-state index contributed by atoms with van der Waals surface area (Å²) in [6, 6.07) is 8.02. The van der Waals surface area contributed by atoms with E-state index in [0.29, 0.717) is 13.2 Å². The summed E-state index contributed by atoms with van der Waals surface area (Å²) in [6.07, 6.45) is 0. The Morgan fingerprint density at radius 1 is 1.24 bits per heavy atom. The molecule has 1 aromatic heterocycles. The summed E-state index contributed by atoms with van der Waals surface area (Å²) < 4.78 is 11.1. The third-order valence-electron chi connectivity index (χ3n) is 3.08. The summed E-state index contributed by atoms with van der Waals surface area (Å²) in [5.74, 6) is 0.911. The Hall–Kier alpha value is -1.43. The Morgan fingerprint density at radius 3 is 2.76 bits per heavy atom. The second-order valence-electron chi connectivity index (χ2n) is 4.74. The van der Waals surface area contributed by atoms with Crippen molar-refractivity contribution in [1.82, 2.24) is 10.3 Å². The van der Waals surface area contributed by atoms with Crippen LogP contribution in [0.5, 0.6) is 5.75 Å². The number of nitrogens with zero attached hydrogens (tertiary/aromatic N) is 1. The number of nitrogens with one attached hydrogen (secondary N) is 1. The molecule has 1 aromatic carbocycles. The van der Waals surface area contributed by atoms with Crippen LogP contribution < -0.4 is 10.1 Å². The fourth-order valence-corrected chi connectivity index (χ4v) is 2.94. The van der Waals surface area contributed by atoms with Crippen LogP contribution in [0, 0.1) is 6.92 Å². The molecule has 1 heterocycles. The number of ether oxygens (including phenoxy) is 2. The standard InChI is InChI=1S/C16H22N2O2S/c1-4-17-9-15-13(10-19-3)18-16(21-15)11-20-14-8-6-5-7-12(14)2/h5-8,17H,4,9-11H2,1-3H3. The predicted octanol–water partition coefficient (Wildman–Crippen LogP) is 3.29. The monoisotopic (exact) mass is 306 g/mol. The highest BCUT2D eigenvalue weighted by molar-refractivity contribution is 7.11. The summed E-state index contributed by atoms with van der Waals surface area (Å²) in [7, 11) is 1.69. The van der Waals surface area contributed by atoms with E-state index in [4.69, 9.17) is 9.47 Å². The third-order valence-corrected chi connectivity index (χ3v) is 4.16. The van der Waals surface area contributed by atoms with E-state index in [2.05, 4.69) is 17.2 Å². The van der Waals surface area contributed by atoms with Gasteiger partial charge in [-0.05, 0) is 25.1 Å². The topological polar surface area (TPSA) is 43.4 Å². The maximum Gasteiger partial charge on any atom is 0.140 e. The van der Waals surface area contributed by atoms with E-state index in [1.807, 2.05) is 31.2 Å². The minimum Gasteiger partial charge on any atom is -0.486 e. The first-order chi connectivity index (χ1) is 10.2. The van der Waals surface area contributed by atoms with Crippen LogP contribution in [-0.2, 0) is 24.5 Å². The van der Waals surface area contributed by atoms with E-state index < -0.39 is 0 Å². The van der Waals surface area contributed by atoms with Crippen molar-refractivity contribution >= 4 is 11.3 Å². The van der Waals surface area contributed by atoms with Crippen LogP contribution in [0.25, 0.3) is 0 Å². The van der Waals surface area contributed by atoms with E-state index in [1.165, 1.54) is 4.88 Å². The second kappa shape index (κ2) is 8.12. The Balaban J connectivity index is 2.04. The average Bonchev–Trinajstić information content (AvgIpc) is 2.87. The van der Waals surface area contributed by atoms with E-state index in [0.717, 1.165) is 35.1 Å². The van der Waals surface area contributed by atoms with Gasteiger partial charge in [-0.25, -0.2) is 4.98 Å². The van der Waals surface area contributed by atoms with Gasteiger partial charge in [-0.2, -0.15) is 0 Å². The van der Waals surface area contributed by atoms with Crippen LogP contribution >= 0.6 is 11.3 Å². The molecule has 0 bridgehead atoms. The lowest BCUT2D eigenvalue weighted by Crippen LogP contribution is -2.12. The quantitative estimate of drug-likeness (QED) is 0.813. The Morgan fingerprint density at radius 2 is 2.05 bits per heavy atom. The molecule has 21 heavy (non-hydrogen) atoms. The number of rotatable bonds is 8. The molecular weight excluding hydrogens is 284 g/mol. The molecule has 0 aliphatic rings. The van der Waals surface area contributed by atoms with Gasteiger partial charge in [0, 0.05) is 18.5 Å². The zero-order valence-electron chi connectivity index (χ0n) is 12.8. The van der Waals surface area contributed by atoms with Crippen LogP contribution in [0.3, 0.4) is 0 Å². The van der Waals surface area contributed by atoms with Crippen LogP contribution in [0.1, 0.15) is 28.1 Å². The molecule has 0 aliphatic heterocycles. The van der Waals surface area contributed by atoms with Gasteiger partial charge in [-0.1, -0.05) is 25.1 Å². The minimum atomic E-state index is 0.498. The first-order valence-electron chi connectivity index (χ1n) is 7.10. The second-order valence-corrected chi connectivity index (χ2v) is 5.91. The highest BCUT2D eigenvalue weighted by Gasteiger charge is 2.11. The fourth-order valence-electron chi connectivity index (χ4n) is 1.98. The molecule has 0 saturated heterocycles. The van der Waals surface area contributed by atoms with Crippen LogP contribution in [-0.4, -0.2) is 18.6 Å². The van der Waals surface area contributed by atoms with Crippen molar-refractivity contribution in [2.24, 2.45) is 0 Å². The number of hydrogen-bond acceptors (Lipinski definition) is 5. The number of para-hydroxylation sites is 1. The van der Waals surface area contributed by atoms with Crippen molar-refractivity contribution in [2.75, 3.05) is 13.7 Å². The number of methoxy groups -OCH3 is 1. The Kier molecular flexibility index (Phi) is 6.17. The van der Waals surface area contributed by atoms with Gasteiger partial charge in [-0.3, -0.25) is 0 Å². The molecular formula is C16H22N2O2S. The van der Waals surface area contributed by atoms with Crippen molar-refractivity contribution < 1.29 is 9.47 Å². The largest absolute Gasteiger partial charge is 0.486 e. The maximum absolute atomic E-state index is 5.86. The smallest absolute Gasteiger partial charge is 0.140 e. The Labute approximate surface area is 130 Å². The molecule has 2 rings (SSSR count). The molecule has 1 N–H and O–H groups in total. The highest BCUT2D eigenvalue weighted by Crippen LogP contribution is 2.23. The summed E-state index contributed by atoms with van der Waals surface area (Å²) in [5, 5.41) is 4.32. The van der Waals surface area contributed by atoms with E-state index in [1.54, 1.807) is 18.4 Å². The summed E-state index contributed by atoms with van der Waals surface area (Å²) in [4.78, 5) is 5.85. The van der Waals surface area contributed by atoms with Crippen molar-refractivity contribution in [1.29, 1.82) is 0 Å². The van der Waals surface area contributed by atoms with Gasteiger partial charge < -0.3 is 14.8 Å². The fraction of sp³-hybridized carbons (Fsp3) is 0.438. The minimum absolute atomic E-state index is 0.498. The molecule has 0 atom stereocenters. The molecule has 0 radical (unpaired) electrons. The molecule has 0 spiro atoms. The van der Waals surface area contributed by atoms with Gasteiger partial charge in [0.05, 0.1) is 12.3 Å². The Bertz CT molecular complexity index is 569. The first kappa shape index (κ1) is 15.9. The number of aromatic nitrogens is 1. The third kappa shape index (κ3) is 4.52. The lowest BCUT2D eigenvalue weighted by molar-refractivity contribution is 0.180. The SMILES string of the molecule is CCNCc1sc(COc2ccccc2C)nc1COC. The lowest BCUT2D eigenvalue weighted by atomic mass is 10.2. The summed E-state index contributed by atoms with van der Waals surface area (Å²) in [6.45, 7) is 6.96. The highest BCUT2D eigenvalue weighted by atomic mass is 32.1. The maximum atomic E-state index is 5.86. The van der Waals surface area contributed by atoms with Crippen molar-refractivity contribution in [3.05, 3.63) is 45.4 Å². The van der Waals surface area contributed by atoms with Gasteiger partial charge in [0.25, 0.3) is 0 Å². The average molecular weight is 306 g/mol. The van der Waals surface area contributed by atoms with Gasteiger partial charge >= 0.3 is 0 Å². The summed E-state index contributed by atoms with van der Waals surface area (Å²) >= 11 is 1.69. The molecule has 0 fully saturated rings. The zero-order valence-corrected chi connectivity index (χ0v) is 13.6. The molecule has 2 aromatic rings. The molecule has 114 valence electrons. The van der Waals surface area contributed by atoms with Gasteiger partial charge in [0.1, 0.15) is 17.4 Å². The van der Waals surface area contributed by atoms with Crippen molar-refractivity contribution in [2.45, 2.75) is 33.6 Å². The van der Waals surface area contributed by atoms with Crippen molar-refractivity contribution in [3.63, 3.8) is 0 Å². The normalized spacial score (nSPS) is 10.8. The molecule has 0 saturated carbocycles. The first-order valence-corrected chi connectivity index (χ1v) is 7.91. The molecule has 0 amide bonds. The predicted molar refractivity (Wildman–Crippen MR) is 85.7 cm³/mol. The van der Waals surface area contributed by atoms with Gasteiger partial charge in [0.15, 0.2) is 0 Å². The van der Waals surface area contributed by atoms with E-state index >= 15 is 0 Å². The van der Waals surface area contributed by atoms with Crippen LogP contribution in [0.4, 0.5) is 0 Å². The number of thiazole rings is 1. The molecule has 4 nitrogen and oxygen atoms in total. The molecule has 5 heteroatoms. The van der Waals surface area contributed by atoms with E-state index in [9.17, 15) is 0 Å². The number of aryl methyl sites for hydroxylation is 1. The lowest BCUT2D eigenvalue weighted by Gasteiger charge is -2.06. The van der Waals surface area contributed by atoms with Crippen LogP contribution in [0.2, 0.25) is 0 Å². The van der Waals surface area contributed by atoms with Crippen molar-refractivity contribution in [3.8, 4) is 5.75 Å². The van der Waals surface area contributed by atoms with Gasteiger partial charge in [0.2, 0.25) is 0 Å². The molecule has 0 unspecified atom stereocenters. The van der Waals surface area contributed by atoms with Gasteiger partial charge in [-0.15, -0.1) is 11.3 Å². The van der Waals surface area contributed by atoms with E-state index in [-0.39, 0.29) is 0 Å². The number of hydrogen-bond donors (Lipinski definition) is 1. The molecule has 0 aliphatic carbocycles. The van der Waals surface area contributed by atoms with Crippen LogP contribution in [0.15, 0.2) is 24.3 Å². The summed E-state index contributed by atoms with van der Waals surface area (Å²) in [5.41, 5.74) is 2.14. The number of benzene rings is 1.